The van der Waals surface area contributed by atoms with Crippen LogP contribution in [0.1, 0.15) is 56.0 Å². The van der Waals surface area contributed by atoms with Gasteiger partial charge >= 0.3 is 0 Å². The second-order valence-electron chi connectivity index (χ2n) is 6.43. The number of hydrogen-bond donors (Lipinski definition) is 1. The molecule has 3 heteroatoms. The Balaban J connectivity index is 2.23. The molecule has 1 aromatic rings. The standard InChI is InChI=1S/C16H21NO2/c1-16(2,3)10-14(18)12-7-8-13-11(9-12)5-4-6-15(19)17-13/h7-9H,4-6,10H2,1-3H3,(H,17,19). The molecule has 19 heavy (non-hydrogen) atoms. The van der Waals surface area contributed by atoms with Crippen LogP contribution in [0.3, 0.4) is 0 Å². The fourth-order valence-electron chi connectivity index (χ4n) is 2.33. The molecule has 2 rings (SSSR count). The van der Waals surface area contributed by atoms with Gasteiger partial charge in [-0.05, 0) is 42.0 Å². The third-order valence-corrected chi connectivity index (χ3v) is 3.24. The molecule has 0 aromatic heterocycles. The summed E-state index contributed by atoms with van der Waals surface area (Å²) in [5.41, 5.74) is 2.68. The predicted octanol–water partition coefficient (Wildman–Crippen LogP) is 3.58. The summed E-state index contributed by atoms with van der Waals surface area (Å²) in [5, 5.41) is 2.89. The summed E-state index contributed by atoms with van der Waals surface area (Å²) >= 11 is 0. The molecule has 102 valence electrons. The van der Waals surface area contributed by atoms with Crippen molar-refractivity contribution >= 4 is 17.4 Å². The molecule has 0 radical (unpaired) electrons. The van der Waals surface area contributed by atoms with Crippen molar-refractivity contribution in [1.82, 2.24) is 0 Å². The van der Waals surface area contributed by atoms with Crippen LogP contribution in [0.4, 0.5) is 5.69 Å². The van der Waals surface area contributed by atoms with E-state index in [0.29, 0.717) is 12.8 Å². The Morgan fingerprint density at radius 3 is 2.68 bits per heavy atom. The lowest BCUT2D eigenvalue weighted by Crippen LogP contribution is -2.13. The smallest absolute Gasteiger partial charge is 0.224 e. The number of carbonyl (C=O) groups excluding carboxylic acids is 2. The van der Waals surface area contributed by atoms with E-state index in [1.807, 2.05) is 18.2 Å². The van der Waals surface area contributed by atoms with Crippen molar-refractivity contribution < 1.29 is 9.59 Å². The summed E-state index contributed by atoms with van der Waals surface area (Å²) < 4.78 is 0. The maximum atomic E-state index is 12.2. The molecular weight excluding hydrogens is 238 g/mol. The lowest BCUT2D eigenvalue weighted by atomic mass is 9.87. The van der Waals surface area contributed by atoms with Gasteiger partial charge in [0.05, 0.1) is 0 Å². The van der Waals surface area contributed by atoms with Crippen LogP contribution in [0.25, 0.3) is 0 Å². The molecule has 0 atom stereocenters. The number of rotatable bonds is 2. The van der Waals surface area contributed by atoms with Gasteiger partial charge in [0.25, 0.3) is 0 Å². The molecule has 1 aliphatic rings. The number of nitrogens with one attached hydrogen (secondary N) is 1. The first-order valence-electron chi connectivity index (χ1n) is 6.81. The maximum absolute atomic E-state index is 12.2. The van der Waals surface area contributed by atoms with Gasteiger partial charge in [0.15, 0.2) is 5.78 Å². The van der Waals surface area contributed by atoms with Crippen molar-refractivity contribution in [3.05, 3.63) is 29.3 Å². The van der Waals surface area contributed by atoms with Crippen molar-refractivity contribution in [2.45, 2.75) is 46.5 Å². The molecule has 1 aromatic carbocycles. The molecule has 1 N–H and O–H groups in total. The Morgan fingerprint density at radius 1 is 1.26 bits per heavy atom. The van der Waals surface area contributed by atoms with Crippen LogP contribution in [-0.2, 0) is 11.2 Å². The Hall–Kier alpha value is -1.64. The number of hydrogen-bond acceptors (Lipinski definition) is 2. The molecular formula is C16H21NO2. The first kappa shape index (κ1) is 13.8. The van der Waals surface area contributed by atoms with Gasteiger partial charge < -0.3 is 5.32 Å². The minimum Gasteiger partial charge on any atom is -0.326 e. The van der Waals surface area contributed by atoms with Gasteiger partial charge in [-0.3, -0.25) is 9.59 Å². The summed E-state index contributed by atoms with van der Waals surface area (Å²) in [6.07, 6.45) is 2.79. The Labute approximate surface area is 114 Å². The summed E-state index contributed by atoms with van der Waals surface area (Å²) in [7, 11) is 0. The van der Waals surface area contributed by atoms with Crippen LogP contribution in [0.2, 0.25) is 0 Å². The molecule has 0 aliphatic carbocycles. The van der Waals surface area contributed by atoms with E-state index in [4.69, 9.17) is 0 Å². The van der Waals surface area contributed by atoms with Crippen LogP contribution in [0.15, 0.2) is 18.2 Å². The van der Waals surface area contributed by atoms with Gasteiger partial charge in [-0.1, -0.05) is 20.8 Å². The lowest BCUT2D eigenvalue weighted by Gasteiger charge is -2.17. The summed E-state index contributed by atoms with van der Waals surface area (Å²) in [4.78, 5) is 23.7. The molecule has 0 saturated heterocycles. The van der Waals surface area contributed by atoms with Gasteiger partial charge in [0.2, 0.25) is 5.91 Å². The number of fused-ring (bicyclic) bond motifs is 1. The number of ketones is 1. The van der Waals surface area contributed by atoms with E-state index in [9.17, 15) is 9.59 Å². The SMILES string of the molecule is CC(C)(C)CC(=O)c1ccc2c(c1)CCCC(=O)N2. The topological polar surface area (TPSA) is 46.2 Å². The number of anilines is 1. The third-order valence-electron chi connectivity index (χ3n) is 3.24. The average Bonchev–Trinajstić information content (AvgIpc) is 2.46. The molecule has 0 spiro atoms. The molecule has 0 fully saturated rings. The van der Waals surface area contributed by atoms with Gasteiger partial charge in [-0.2, -0.15) is 0 Å². The number of aryl methyl sites for hydroxylation is 1. The second-order valence-corrected chi connectivity index (χ2v) is 6.43. The minimum atomic E-state index is -0.00189. The van der Waals surface area contributed by atoms with E-state index in [0.717, 1.165) is 29.7 Å². The Kier molecular flexibility index (Phi) is 3.74. The van der Waals surface area contributed by atoms with Crippen molar-refractivity contribution in [2.24, 2.45) is 5.41 Å². The number of benzene rings is 1. The Morgan fingerprint density at radius 2 is 2.00 bits per heavy atom. The van der Waals surface area contributed by atoms with E-state index >= 15 is 0 Å². The molecule has 0 bridgehead atoms. The van der Waals surface area contributed by atoms with Crippen molar-refractivity contribution in [1.29, 1.82) is 0 Å². The largest absolute Gasteiger partial charge is 0.326 e. The summed E-state index contributed by atoms with van der Waals surface area (Å²) in [6, 6.07) is 5.61. The predicted molar refractivity (Wildman–Crippen MR) is 76.4 cm³/mol. The van der Waals surface area contributed by atoms with Gasteiger partial charge in [0, 0.05) is 24.1 Å². The van der Waals surface area contributed by atoms with Gasteiger partial charge in [-0.25, -0.2) is 0 Å². The lowest BCUT2D eigenvalue weighted by molar-refractivity contribution is -0.116. The van der Waals surface area contributed by atoms with E-state index in [-0.39, 0.29) is 17.1 Å². The van der Waals surface area contributed by atoms with Crippen LogP contribution in [-0.4, -0.2) is 11.7 Å². The van der Waals surface area contributed by atoms with E-state index < -0.39 is 0 Å². The molecule has 0 saturated carbocycles. The monoisotopic (exact) mass is 259 g/mol. The quantitative estimate of drug-likeness (QED) is 0.825. The highest BCUT2D eigenvalue weighted by Gasteiger charge is 2.19. The minimum absolute atomic E-state index is 0.00189. The second kappa shape index (κ2) is 5.16. The molecule has 1 amide bonds. The van der Waals surface area contributed by atoms with Gasteiger partial charge in [-0.15, -0.1) is 0 Å². The fraction of sp³-hybridized carbons (Fsp3) is 0.500. The van der Waals surface area contributed by atoms with Crippen molar-refractivity contribution in [3.8, 4) is 0 Å². The van der Waals surface area contributed by atoms with E-state index in [1.165, 1.54) is 0 Å². The zero-order valence-electron chi connectivity index (χ0n) is 11.9. The zero-order chi connectivity index (χ0) is 14.0. The first-order valence-corrected chi connectivity index (χ1v) is 6.81. The zero-order valence-corrected chi connectivity index (χ0v) is 11.9. The highest BCUT2D eigenvalue weighted by Crippen LogP contribution is 2.26. The highest BCUT2D eigenvalue weighted by atomic mass is 16.1. The molecule has 1 aliphatic heterocycles. The number of amides is 1. The maximum Gasteiger partial charge on any atom is 0.224 e. The van der Waals surface area contributed by atoms with Crippen LogP contribution in [0.5, 0.6) is 0 Å². The third kappa shape index (κ3) is 3.66. The Bertz CT molecular complexity index is 512. The van der Waals surface area contributed by atoms with Gasteiger partial charge in [0.1, 0.15) is 0 Å². The summed E-state index contributed by atoms with van der Waals surface area (Å²) in [6.45, 7) is 6.19. The average molecular weight is 259 g/mol. The molecule has 0 unspecified atom stereocenters. The van der Waals surface area contributed by atoms with Crippen LogP contribution < -0.4 is 5.32 Å². The molecule has 1 heterocycles. The molecule has 3 nitrogen and oxygen atoms in total. The van der Waals surface area contributed by atoms with E-state index in [2.05, 4.69) is 26.1 Å². The van der Waals surface area contributed by atoms with Crippen molar-refractivity contribution in [2.75, 3.05) is 5.32 Å². The number of Topliss-reactive ketones (excluding diaryl/α,β-unsaturated/α-hetero) is 1. The van der Waals surface area contributed by atoms with Crippen LogP contribution >= 0.6 is 0 Å². The number of carbonyl (C=O) groups is 2. The first-order chi connectivity index (χ1) is 8.85. The van der Waals surface area contributed by atoms with Crippen LogP contribution in [0, 0.1) is 5.41 Å². The van der Waals surface area contributed by atoms with E-state index in [1.54, 1.807) is 0 Å². The summed E-state index contributed by atoms with van der Waals surface area (Å²) in [5.74, 6) is 0.235. The van der Waals surface area contributed by atoms with Crippen molar-refractivity contribution in [3.63, 3.8) is 0 Å². The highest BCUT2D eigenvalue weighted by molar-refractivity contribution is 5.98. The normalized spacial score (nSPS) is 15.4. The fourth-order valence-corrected chi connectivity index (χ4v) is 2.33.